The second-order valence-electron chi connectivity index (χ2n) is 3.44. The third-order valence-electron chi connectivity index (χ3n) is 2.05. The van der Waals surface area contributed by atoms with Crippen LogP contribution in [0.5, 0.6) is 11.6 Å². The maximum atomic E-state index is 8.66. The minimum Gasteiger partial charge on any atom is -0.439 e. The molecule has 2 N–H and O–H groups in total. The van der Waals surface area contributed by atoms with Crippen molar-refractivity contribution >= 4 is 5.95 Å². The molecule has 0 aliphatic heterocycles. The van der Waals surface area contributed by atoms with Crippen LogP contribution in [0.15, 0.2) is 30.3 Å². The fraction of sp³-hybridized carbons (Fsp3) is 0.0833. The monoisotopic (exact) mass is 226 g/mol. The highest BCUT2D eigenvalue weighted by atomic mass is 16.5. The molecule has 2 aromatic rings. The minimum atomic E-state index is 0.175. The van der Waals surface area contributed by atoms with E-state index in [9.17, 15) is 0 Å². The van der Waals surface area contributed by atoms with Crippen molar-refractivity contribution in [3.8, 4) is 17.7 Å². The largest absolute Gasteiger partial charge is 0.439 e. The number of nitrogens with zero attached hydrogens (tertiary/aromatic N) is 3. The number of anilines is 1. The van der Waals surface area contributed by atoms with Gasteiger partial charge >= 0.3 is 0 Å². The minimum absolute atomic E-state index is 0.175. The summed E-state index contributed by atoms with van der Waals surface area (Å²) in [7, 11) is 0. The normalized spacial score (nSPS) is 9.65. The molecule has 0 saturated carbocycles. The molecule has 1 aromatic carbocycles. The van der Waals surface area contributed by atoms with E-state index in [1.54, 1.807) is 30.3 Å². The third-order valence-corrected chi connectivity index (χ3v) is 2.05. The Morgan fingerprint density at radius 3 is 2.53 bits per heavy atom. The number of nitrogens with two attached hydrogens (primary N) is 1. The second-order valence-corrected chi connectivity index (χ2v) is 3.44. The van der Waals surface area contributed by atoms with Gasteiger partial charge in [0.05, 0.1) is 11.6 Å². The molecule has 0 radical (unpaired) electrons. The summed E-state index contributed by atoms with van der Waals surface area (Å²) in [5.41, 5.74) is 6.83. The number of nitriles is 1. The third kappa shape index (κ3) is 2.69. The van der Waals surface area contributed by atoms with Crippen LogP contribution in [-0.2, 0) is 0 Å². The molecular weight excluding hydrogens is 216 g/mol. The van der Waals surface area contributed by atoms with Crippen LogP contribution >= 0.6 is 0 Å². The molecule has 84 valence electrons. The highest BCUT2D eigenvalue weighted by molar-refractivity contribution is 5.37. The Kier molecular flexibility index (Phi) is 2.88. The highest BCUT2D eigenvalue weighted by Crippen LogP contribution is 2.20. The number of benzene rings is 1. The molecule has 0 saturated heterocycles. The van der Waals surface area contributed by atoms with Gasteiger partial charge in [-0.2, -0.15) is 10.2 Å². The fourth-order valence-corrected chi connectivity index (χ4v) is 1.33. The summed E-state index contributed by atoms with van der Waals surface area (Å²) in [5.74, 6) is 1.16. The van der Waals surface area contributed by atoms with Crippen molar-refractivity contribution in [3.05, 3.63) is 41.6 Å². The van der Waals surface area contributed by atoms with Gasteiger partial charge < -0.3 is 10.5 Å². The Morgan fingerprint density at radius 2 is 1.94 bits per heavy atom. The van der Waals surface area contributed by atoms with E-state index in [1.165, 1.54) is 0 Å². The Bertz CT molecular complexity index is 552. The van der Waals surface area contributed by atoms with Crippen molar-refractivity contribution in [3.63, 3.8) is 0 Å². The van der Waals surface area contributed by atoms with Crippen LogP contribution in [0.2, 0.25) is 0 Å². The molecule has 0 aliphatic carbocycles. The molecular formula is C12H10N4O. The van der Waals surface area contributed by atoms with E-state index < -0.39 is 0 Å². The van der Waals surface area contributed by atoms with Crippen LogP contribution in [-0.4, -0.2) is 9.97 Å². The van der Waals surface area contributed by atoms with Crippen LogP contribution in [0, 0.1) is 18.3 Å². The molecule has 1 aromatic heterocycles. The summed E-state index contributed by atoms with van der Waals surface area (Å²) in [6, 6.07) is 10.5. The number of hydrogen-bond donors (Lipinski definition) is 1. The van der Waals surface area contributed by atoms with Crippen molar-refractivity contribution in [2.24, 2.45) is 0 Å². The van der Waals surface area contributed by atoms with Crippen LogP contribution in [0.4, 0.5) is 5.95 Å². The first-order valence-corrected chi connectivity index (χ1v) is 4.96. The van der Waals surface area contributed by atoms with Gasteiger partial charge in [0.25, 0.3) is 0 Å². The number of aryl methyl sites for hydroxylation is 1. The van der Waals surface area contributed by atoms with E-state index in [4.69, 9.17) is 15.7 Å². The molecule has 0 aliphatic rings. The quantitative estimate of drug-likeness (QED) is 0.846. The predicted octanol–water partition coefficient (Wildman–Crippen LogP) is 2.03. The van der Waals surface area contributed by atoms with Crippen LogP contribution in [0.3, 0.4) is 0 Å². The van der Waals surface area contributed by atoms with E-state index in [2.05, 4.69) is 9.97 Å². The highest BCUT2D eigenvalue weighted by Gasteiger charge is 2.02. The number of hydrogen-bond acceptors (Lipinski definition) is 5. The summed E-state index contributed by atoms with van der Waals surface area (Å²) in [6.07, 6.45) is 0. The Morgan fingerprint density at radius 1 is 1.24 bits per heavy atom. The van der Waals surface area contributed by atoms with E-state index in [0.29, 0.717) is 17.2 Å². The molecule has 0 atom stereocenters. The average Bonchev–Trinajstić information content (AvgIpc) is 2.28. The molecule has 0 bridgehead atoms. The smallest absolute Gasteiger partial charge is 0.224 e. The number of nitrogen functional groups attached to an aromatic ring is 1. The van der Waals surface area contributed by atoms with Gasteiger partial charge in [-0.05, 0) is 31.2 Å². The van der Waals surface area contributed by atoms with Gasteiger partial charge in [0.1, 0.15) is 5.75 Å². The number of rotatable bonds is 2. The van der Waals surface area contributed by atoms with Crippen molar-refractivity contribution < 1.29 is 4.74 Å². The molecule has 5 heteroatoms. The standard InChI is InChI=1S/C12H10N4O/c1-8-6-11(16-12(14)15-8)17-10-4-2-9(7-13)3-5-10/h2-6H,1H3,(H2,14,15,16). The maximum absolute atomic E-state index is 8.66. The van der Waals surface area contributed by atoms with Crippen molar-refractivity contribution in [1.82, 2.24) is 9.97 Å². The van der Waals surface area contributed by atoms with Gasteiger partial charge in [0.2, 0.25) is 11.8 Å². The van der Waals surface area contributed by atoms with E-state index >= 15 is 0 Å². The first kappa shape index (κ1) is 10.9. The zero-order valence-electron chi connectivity index (χ0n) is 9.21. The second kappa shape index (κ2) is 4.49. The van der Waals surface area contributed by atoms with Gasteiger partial charge in [-0.1, -0.05) is 0 Å². The van der Waals surface area contributed by atoms with E-state index in [-0.39, 0.29) is 5.95 Å². The lowest BCUT2D eigenvalue weighted by Gasteiger charge is -2.05. The van der Waals surface area contributed by atoms with E-state index in [0.717, 1.165) is 5.69 Å². The Hall–Kier alpha value is -2.61. The van der Waals surface area contributed by atoms with Gasteiger partial charge in [-0.15, -0.1) is 0 Å². The summed E-state index contributed by atoms with van der Waals surface area (Å²) >= 11 is 0. The summed E-state index contributed by atoms with van der Waals surface area (Å²) in [5, 5.41) is 8.66. The van der Waals surface area contributed by atoms with Gasteiger partial charge in [0, 0.05) is 11.8 Å². The molecule has 2 rings (SSSR count). The van der Waals surface area contributed by atoms with Crippen LogP contribution in [0.1, 0.15) is 11.3 Å². The van der Waals surface area contributed by atoms with Crippen LogP contribution in [0.25, 0.3) is 0 Å². The molecule has 0 amide bonds. The molecule has 0 unspecified atom stereocenters. The lowest BCUT2D eigenvalue weighted by molar-refractivity contribution is 0.462. The summed E-state index contributed by atoms with van der Waals surface area (Å²) in [4.78, 5) is 7.90. The molecule has 0 spiro atoms. The summed E-state index contributed by atoms with van der Waals surface area (Å²) < 4.78 is 5.50. The first-order valence-electron chi connectivity index (χ1n) is 4.96. The first-order chi connectivity index (χ1) is 8.17. The number of ether oxygens (including phenoxy) is 1. The Balaban J connectivity index is 2.22. The lowest BCUT2D eigenvalue weighted by atomic mass is 10.2. The average molecular weight is 226 g/mol. The zero-order valence-corrected chi connectivity index (χ0v) is 9.21. The van der Waals surface area contributed by atoms with Crippen LogP contribution < -0.4 is 10.5 Å². The van der Waals surface area contributed by atoms with Crippen molar-refractivity contribution in [1.29, 1.82) is 5.26 Å². The SMILES string of the molecule is Cc1cc(Oc2ccc(C#N)cc2)nc(N)n1. The van der Waals surface area contributed by atoms with Gasteiger partial charge in [-0.3, -0.25) is 0 Å². The van der Waals surface area contributed by atoms with Crippen molar-refractivity contribution in [2.45, 2.75) is 6.92 Å². The zero-order chi connectivity index (χ0) is 12.3. The molecule has 1 heterocycles. The topological polar surface area (TPSA) is 84.8 Å². The maximum Gasteiger partial charge on any atom is 0.224 e. The van der Waals surface area contributed by atoms with Gasteiger partial charge in [0.15, 0.2) is 0 Å². The molecule has 5 nitrogen and oxygen atoms in total. The van der Waals surface area contributed by atoms with E-state index in [1.807, 2.05) is 13.0 Å². The fourth-order valence-electron chi connectivity index (χ4n) is 1.33. The number of aromatic nitrogens is 2. The lowest BCUT2D eigenvalue weighted by Crippen LogP contribution is -1.98. The Labute approximate surface area is 98.5 Å². The molecule has 0 fully saturated rings. The van der Waals surface area contributed by atoms with Crippen molar-refractivity contribution in [2.75, 3.05) is 5.73 Å². The molecule has 17 heavy (non-hydrogen) atoms. The summed E-state index contributed by atoms with van der Waals surface area (Å²) in [6.45, 7) is 1.81. The van der Waals surface area contributed by atoms with Gasteiger partial charge in [-0.25, -0.2) is 4.98 Å². The predicted molar refractivity (Wildman–Crippen MR) is 62.4 cm³/mol.